The summed E-state index contributed by atoms with van der Waals surface area (Å²) < 4.78 is 5.70. The molecule has 1 aromatic carbocycles. The van der Waals surface area contributed by atoms with Gasteiger partial charge < -0.3 is 4.74 Å². The van der Waals surface area contributed by atoms with Gasteiger partial charge in [-0.25, -0.2) is 0 Å². The van der Waals surface area contributed by atoms with Gasteiger partial charge in [-0.2, -0.15) is 15.6 Å². The summed E-state index contributed by atoms with van der Waals surface area (Å²) in [6.45, 7) is 4.00. The highest BCUT2D eigenvalue weighted by atomic mass is 16.5. The highest BCUT2D eigenvalue weighted by Crippen LogP contribution is 2.25. The quantitative estimate of drug-likeness (QED) is 0.635. The summed E-state index contributed by atoms with van der Waals surface area (Å²) in [4.78, 5) is 0. The molecule has 18 heavy (non-hydrogen) atoms. The predicted octanol–water partition coefficient (Wildman–Crippen LogP) is 2.68. The molecule has 0 radical (unpaired) electrons. The van der Waals surface area contributed by atoms with Gasteiger partial charge in [0.05, 0.1) is 11.8 Å². The van der Waals surface area contributed by atoms with Crippen LogP contribution in [0.2, 0.25) is 0 Å². The van der Waals surface area contributed by atoms with Crippen molar-refractivity contribution in [2.45, 2.75) is 26.4 Å². The number of benzene rings is 1. The minimum Gasteiger partial charge on any atom is -0.488 e. The Balaban J connectivity index is 2.87. The Morgan fingerprint density at radius 2 is 2.06 bits per heavy atom. The number of nitriles is 2. The van der Waals surface area contributed by atoms with Crippen LogP contribution in [-0.2, 0) is 0 Å². The van der Waals surface area contributed by atoms with Crippen molar-refractivity contribution in [2.75, 3.05) is 5.43 Å². The summed E-state index contributed by atoms with van der Waals surface area (Å²) >= 11 is 0. The van der Waals surface area contributed by atoms with E-state index in [1.165, 1.54) is 0 Å². The van der Waals surface area contributed by atoms with E-state index in [-0.39, 0.29) is 11.8 Å². The molecule has 0 amide bonds. The van der Waals surface area contributed by atoms with Crippen LogP contribution in [0, 0.1) is 22.7 Å². The van der Waals surface area contributed by atoms with Crippen LogP contribution in [0.5, 0.6) is 5.75 Å². The molecular weight excluding hydrogens is 228 g/mol. The Morgan fingerprint density at radius 1 is 1.39 bits per heavy atom. The van der Waals surface area contributed by atoms with Crippen LogP contribution < -0.4 is 10.2 Å². The zero-order chi connectivity index (χ0) is 13.4. The van der Waals surface area contributed by atoms with Gasteiger partial charge in [0.1, 0.15) is 17.9 Å². The van der Waals surface area contributed by atoms with E-state index >= 15 is 0 Å². The standard InChI is InChI=1S/C13H14N4O/c1-3-10(2)18-13-7-5-4-6-12(13)17-16-11(8-14)9-15/h4-7,10,17H,3H2,1-2H3. The number of hydrogen-bond donors (Lipinski definition) is 1. The summed E-state index contributed by atoms with van der Waals surface area (Å²) in [6, 6.07) is 10.6. The maximum atomic E-state index is 8.58. The number of anilines is 1. The SMILES string of the molecule is CCC(C)Oc1ccccc1NN=C(C#N)C#N. The lowest BCUT2D eigenvalue weighted by Crippen LogP contribution is -2.11. The molecule has 0 saturated carbocycles. The molecule has 0 bridgehead atoms. The monoisotopic (exact) mass is 242 g/mol. The van der Waals surface area contributed by atoms with Crippen LogP contribution >= 0.6 is 0 Å². The largest absolute Gasteiger partial charge is 0.488 e. The molecule has 5 nitrogen and oxygen atoms in total. The molecule has 1 aromatic rings. The minimum absolute atomic E-state index is 0.0864. The Morgan fingerprint density at radius 3 is 2.67 bits per heavy atom. The molecule has 1 rings (SSSR count). The fourth-order valence-corrected chi connectivity index (χ4v) is 1.15. The van der Waals surface area contributed by atoms with Gasteiger partial charge in [-0.15, -0.1) is 0 Å². The van der Waals surface area contributed by atoms with Gasteiger partial charge in [0.2, 0.25) is 5.71 Å². The maximum absolute atomic E-state index is 8.58. The third kappa shape index (κ3) is 3.80. The number of hydrogen-bond acceptors (Lipinski definition) is 5. The lowest BCUT2D eigenvalue weighted by molar-refractivity contribution is 0.218. The number of nitrogens with zero attached hydrogens (tertiary/aromatic N) is 3. The molecular formula is C13H14N4O. The number of nitrogens with one attached hydrogen (secondary N) is 1. The van der Waals surface area contributed by atoms with Crippen molar-refractivity contribution in [1.82, 2.24) is 0 Å². The van der Waals surface area contributed by atoms with Crippen molar-refractivity contribution in [3.05, 3.63) is 24.3 Å². The van der Waals surface area contributed by atoms with Crippen LogP contribution in [0.15, 0.2) is 29.4 Å². The molecule has 1 N–H and O–H groups in total. The van der Waals surface area contributed by atoms with Gasteiger partial charge in [-0.05, 0) is 25.5 Å². The highest BCUT2D eigenvalue weighted by molar-refractivity contribution is 6.10. The van der Waals surface area contributed by atoms with Gasteiger partial charge in [-0.1, -0.05) is 19.1 Å². The summed E-state index contributed by atoms with van der Waals surface area (Å²) in [5.74, 6) is 0.644. The second-order valence-corrected chi connectivity index (χ2v) is 3.63. The Bertz CT molecular complexity index is 494. The zero-order valence-corrected chi connectivity index (χ0v) is 10.3. The molecule has 0 spiro atoms. The van der Waals surface area contributed by atoms with Crippen molar-refractivity contribution >= 4 is 11.4 Å². The topological polar surface area (TPSA) is 81.2 Å². The molecule has 0 fully saturated rings. The van der Waals surface area contributed by atoms with Crippen molar-refractivity contribution in [2.24, 2.45) is 5.10 Å². The molecule has 0 aliphatic carbocycles. The molecule has 0 aliphatic rings. The number of para-hydroxylation sites is 2. The van der Waals surface area contributed by atoms with Crippen LogP contribution in [0.3, 0.4) is 0 Å². The second kappa shape index (κ2) is 6.93. The third-order valence-electron chi connectivity index (χ3n) is 2.29. The van der Waals surface area contributed by atoms with Crippen LogP contribution in [0.1, 0.15) is 20.3 Å². The van der Waals surface area contributed by atoms with Gasteiger partial charge in [0.25, 0.3) is 0 Å². The Hall–Kier alpha value is -2.53. The van der Waals surface area contributed by atoms with Crippen molar-refractivity contribution in [3.8, 4) is 17.9 Å². The van der Waals surface area contributed by atoms with E-state index in [1.54, 1.807) is 18.2 Å². The second-order valence-electron chi connectivity index (χ2n) is 3.63. The Kier molecular flexibility index (Phi) is 5.21. The molecule has 0 heterocycles. The van der Waals surface area contributed by atoms with Crippen LogP contribution in [-0.4, -0.2) is 11.8 Å². The average molecular weight is 242 g/mol. The van der Waals surface area contributed by atoms with Crippen molar-refractivity contribution in [1.29, 1.82) is 10.5 Å². The van der Waals surface area contributed by atoms with E-state index in [9.17, 15) is 0 Å². The normalized spacial score (nSPS) is 10.7. The van der Waals surface area contributed by atoms with E-state index in [0.29, 0.717) is 11.4 Å². The number of rotatable bonds is 5. The predicted molar refractivity (Wildman–Crippen MR) is 69.1 cm³/mol. The molecule has 5 heteroatoms. The molecule has 1 atom stereocenters. The van der Waals surface area contributed by atoms with E-state index in [4.69, 9.17) is 15.3 Å². The van der Waals surface area contributed by atoms with E-state index in [2.05, 4.69) is 10.5 Å². The molecule has 0 aromatic heterocycles. The van der Waals surface area contributed by atoms with Gasteiger partial charge >= 0.3 is 0 Å². The Labute approximate surface area is 106 Å². The average Bonchev–Trinajstić information content (AvgIpc) is 2.41. The number of ether oxygens (including phenoxy) is 1. The highest BCUT2D eigenvalue weighted by Gasteiger charge is 2.06. The lowest BCUT2D eigenvalue weighted by Gasteiger charge is -2.15. The van der Waals surface area contributed by atoms with Crippen LogP contribution in [0.4, 0.5) is 5.69 Å². The minimum atomic E-state index is -0.228. The fraction of sp³-hybridized carbons (Fsp3) is 0.308. The van der Waals surface area contributed by atoms with E-state index in [0.717, 1.165) is 6.42 Å². The third-order valence-corrected chi connectivity index (χ3v) is 2.29. The molecule has 92 valence electrons. The summed E-state index contributed by atoms with van der Waals surface area (Å²) in [7, 11) is 0. The maximum Gasteiger partial charge on any atom is 0.237 e. The van der Waals surface area contributed by atoms with Crippen LogP contribution in [0.25, 0.3) is 0 Å². The number of hydrazone groups is 1. The zero-order valence-electron chi connectivity index (χ0n) is 10.3. The fourth-order valence-electron chi connectivity index (χ4n) is 1.15. The summed E-state index contributed by atoms with van der Waals surface area (Å²) in [5.41, 5.74) is 3.06. The van der Waals surface area contributed by atoms with Gasteiger partial charge in [0, 0.05) is 0 Å². The van der Waals surface area contributed by atoms with Gasteiger partial charge in [0.15, 0.2) is 0 Å². The van der Waals surface area contributed by atoms with Gasteiger partial charge in [-0.3, -0.25) is 5.43 Å². The lowest BCUT2D eigenvalue weighted by atomic mass is 10.2. The summed E-state index contributed by atoms with van der Waals surface area (Å²) in [5, 5.41) is 20.9. The van der Waals surface area contributed by atoms with Crippen molar-refractivity contribution in [3.63, 3.8) is 0 Å². The first kappa shape index (κ1) is 13.5. The van der Waals surface area contributed by atoms with Crippen molar-refractivity contribution < 1.29 is 4.74 Å². The smallest absolute Gasteiger partial charge is 0.237 e. The summed E-state index contributed by atoms with van der Waals surface area (Å²) in [6.07, 6.45) is 0.975. The molecule has 0 saturated heterocycles. The molecule has 1 unspecified atom stereocenters. The first-order chi connectivity index (χ1) is 8.71. The first-order valence-corrected chi connectivity index (χ1v) is 5.60. The first-order valence-electron chi connectivity index (χ1n) is 5.60. The molecule has 0 aliphatic heterocycles. The van der Waals surface area contributed by atoms with E-state index in [1.807, 2.05) is 32.0 Å². The van der Waals surface area contributed by atoms with E-state index < -0.39 is 0 Å².